The number of fused-ring (bicyclic) bond motifs is 3. The van der Waals surface area contributed by atoms with E-state index in [1.54, 1.807) is 5.19 Å². The number of aryl methyl sites for hydroxylation is 3. The minimum absolute atomic E-state index is 0.691. The summed E-state index contributed by atoms with van der Waals surface area (Å²) >= 11 is 0. The SMILES string of the molecule is Cc1cc(C)c(C)c(-c2c3ccc4c([Si](C(C)C)(C(C)C)C(C)C)cccc4c3cc[n+]2C)c1. The summed E-state index contributed by atoms with van der Waals surface area (Å²) in [5.41, 5.74) is 8.78. The van der Waals surface area contributed by atoms with Gasteiger partial charge in [0.05, 0.1) is 19.0 Å². The molecule has 2 heteroatoms. The molecule has 0 unspecified atom stereocenters. The highest BCUT2D eigenvalue weighted by Crippen LogP contribution is 2.43. The van der Waals surface area contributed by atoms with Crippen molar-refractivity contribution in [1.29, 1.82) is 0 Å². The lowest BCUT2D eigenvalue weighted by Crippen LogP contribution is -2.55. The van der Waals surface area contributed by atoms with E-state index >= 15 is 0 Å². The summed E-state index contributed by atoms with van der Waals surface area (Å²) in [5, 5.41) is 7.22. The lowest BCUT2D eigenvalue weighted by Gasteiger charge is -2.44. The third kappa shape index (κ3) is 3.62. The zero-order valence-electron chi connectivity index (χ0n) is 22.9. The number of hydrogen-bond donors (Lipinski definition) is 0. The largest absolute Gasteiger partial charge is 0.220 e. The molecule has 0 aliphatic carbocycles. The van der Waals surface area contributed by atoms with Crippen molar-refractivity contribution in [3.63, 3.8) is 0 Å². The highest BCUT2D eigenvalue weighted by atomic mass is 28.3. The minimum atomic E-state index is -1.77. The van der Waals surface area contributed by atoms with Crippen LogP contribution in [-0.2, 0) is 7.05 Å². The number of pyridine rings is 1. The maximum Gasteiger partial charge on any atom is 0.220 e. The van der Waals surface area contributed by atoms with Crippen molar-refractivity contribution in [3.8, 4) is 11.3 Å². The maximum atomic E-state index is 2.47. The highest BCUT2D eigenvalue weighted by molar-refractivity contribution is 6.96. The first-order valence-electron chi connectivity index (χ1n) is 12.9. The number of rotatable bonds is 5. The smallest absolute Gasteiger partial charge is 0.200 e. The van der Waals surface area contributed by atoms with E-state index in [0.29, 0.717) is 16.6 Å². The van der Waals surface area contributed by atoms with Crippen molar-refractivity contribution in [2.75, 3.05) is 0 Å². The Morgan fingerprint density at radius 1 is 0.676 bits per heavy atom. The summed E-state index contributed by atoms with van der Waals surface area (Å²) in [6.07, 6.45) is 2.25. The first-order valence-corrected chi connectivity index (χ1v) is 15.2. The number of aromatic nitrogens is 1. The lowest BCUT2D eigenvalue weighted by atomic mass is 9.93. The molecule has 0 spiro atoms. The van der Waals surface area contributed by atoms with Crippen LogP contribution < -0.4 is 9.75 Å². The summed E-state index contributed by atoms with van der Waals surface area (Å²) in [7, 11) is 0.408. The zero-order valence-corrected chi connectivity index (χ0v) is 23.9. The van der Waals surface area contributed by atoms with Crippen LogP contribution in [0.2, 0.25) is 16.6 Å². The van der Waals surface area contributed by atoms with Crippen LogP contribution in [0.3, 0.4) is 0 Å². The zero-order chi connectivity index (χ0) is 24.9. The molecule has 0 aliphatic heterocycles. The fourth-order valence-electron chi connectivity index (χ4n) is 7.15. The molecular weight excluding hydrogens is 426 g/mol. The summed E-state index contributed by atoms with van der Waals surface area (Å²) in [5.74, 6) is 0. The molecule has 0 amide bonds. The average molecular weight is 469 g/mol. The second-order valence-electron chi connectivity index (χ2n) is 11.4. The number of nitrogens with zero attached hydrogens (tertiary/aromatic N) is 1. The van der Waals surface area contributed by atoms with Crippen LogP contribution in [0.25, 0.3) is 32.8 Å². The Balaban J connectivity index is 2.12. The summed E-state index contributed by atoms with van der Waals surface area (Å²) in [6, 6.07) is 18.9. The van der Waals surface area contributed by atoms with Crippen LogP contribution in [-0.4, -0.2) is 8.07 Å². The predicted molar refractivity (Wildman–Crippen MR) is 153 cm³/mol. The first-order chi connectivity index (χ1) is 16.0. The molecule has 1 nitrogen and oxygen atoms in total. The fourth-order valence-corrected chi connectivity index (χ4v) is 14.1. The Hall–Kier alpha value is -2.45. The number of hydrogen-bond acceptors (Lipinski definition) is 0. The molecule has 0 aliphatic rings. The fraction of sp³-hybridized carbons (Fsp3) is 0.406. The molecule has 4 rings (SSSR count). The second kappa shape index (κ2) is 8.96. The monoisotopic (exact) mass is 468 g/mol. The van der Waals surface area contributed by atoms with E-state index in [-0.39, 0.29) is 0 Å². The van der Waals surface area contributed by atoms with Crippen molar-refractivity contribution >= 4 is 34.8 Å². The van der Waals surface area contributed by atoms with E-state index in [9.17, 15) is 0 Å². The second-order valence-corrected chi connectivity index (χ2v) is 17.2. The van der Waals surface area contributed by atoms with Crippen LogP contribution in [0, 0.1) is 20.8 Å². The molecule has 178 valence electrons. The van der Waals surface area contributed by atoms with Gasteiger partial charge in [0.1, 0.15) is 7.05 Å². The van der Waals surface area contributed by atoms with Gasteiger partial charge in [-0.3, -0.25) is 0 Å². The topological polar surface area (TPSA) is 3.88 Å². The van der Waals surface area contributed by atoms with E-state index in [1.807, 2.05) is 0 Å². The van der Waals surface area contributed by atoms with Gasteiger partial charge >= 0.3 is 0 Å². The third-order valence-electron chi connectivity index (χ3n) is 8.58. The van der Waals surface area contributed by atoms with Gasteiger partial charge in [-0.1, -0.05) is 82.6 Å². The van der Waals surface area contributed by atoms with Crippen LogP contribution in [0.1, 0.15) is 58.2 Å². The van der Waals surface area contributed by atoms with Gasteiger partial charge in [-0.25, -0.2) is 4.57 Å². The molecule has 0 atom stereocenters. The maximum absolute atomic E-state index is 2.47. The molecule has 0 bridgehead atoms. The van der Waals surface area contributed by atoms with E-state index in [0.717, 1.165) is 0 Å². The quantitative estimate of drug-likeness (QED) is 0.157. The van der Waals surface area contributed by atoms with Crippen LogP contribution in [0.15, 0.2) is 54.7 Å². The van der Waals surface area contributed by atoms with Gasteiger partial charge in [0, 0.05) is 11.5 Å². The van der Waals surface area contributed by atoms with E-state index < -0.39 is 8.07 Å². The van der Waals surface area contributed by atoms with Gasteiger partial charge in [-0.05, 0) is 71.4 Å². The van der Waals surface area contributed by atoms with Gasteiger partial charge < -0.3 is 0 Å². The van der Waals surface area contributed by atoms with Crippen LogP contribution in [0.5, 0.6) is 0 Å². The van der Waals surface area contributed by atoms with Crippen molar-refractivity contribution in [2.45, 2.75) is 78.9 Å². The van der Waals surface area contributed by atoms with Gasteiger partial charge in [-0.15, -0.1) is 0 Å². The Labute approximate surface area is 207 Å². The van der Waals surface area contributed by atoms with Crippen LogP contribution >= 0.6 is 0 Å². The van der Waals surface area contributed by atoms with Crippen molar-refractivity contribution in [1.82, 2.24) is 0 Å². The molecule has 4 aromatic rings. The lowest BCUT2D eigenvalue weighted by molar-refractivity contribution is -0.659. The average Bonchev–Trinajstić information content (AvgIpc) is 2.76. The highest BCUT2D eigenvalue weighted by Gasteiger charge is 2.45. The molecule has 0 N–H and O–H groups in total. The number of benzene rings is 3. The van der Waals surface area contributed by atoms with Crippen molar-refractivity contribution in [2.24, 2.45) is 7.05 Å². The molecule has 0 saturated heterocycles. The van der Waals surface area contributed by atoms with Gasteiger partial charge in [0.15, 0.2) is 6.20 Å². The van der Waals surface area contributed by atoms with Gasteiger partial charge in [-0.2, -0.15) is 0 Å². The molecule has 1 heterocycles. The molecule has 0 radical (unpaired) electrons. The van der Waals surface area contributed by atoms with E-state index in [1.165, 1.54) is 49.5 Å². The van der Waals surface area contributed by atoms with E-state index in [4.69, 9.17) is 0 Å². The predicted octanol–water partition coefficient (Wildman–Crippen LogP) is 8.30. The summed E-state index contributed by atoms with van der Waals surface area (Å²) < 4.78 is 2.30. The summed E-state index contributed by atoms with van der Waals surface area (Å²) in [6.45, 7) is 21.5. The Morgan fingerprint density at radius 2 is 1.26 bits per heavy atom. The first kappa shape index (κ1) is 24.7. The van der Waals surface area contributed by atoms with Crippen LogP contribution in [0.4, 0.5) is 0 Å². The molecule has 1 aromatic heterocycles. The third-order valence-corrected chi connectivity index (χ3v) is 15.7. The van der Waals surface area contributed by atoms with E-state index in [2.05, 4.69) is 129 Å². The molecule has 3 aromatic carbocycles. The molecule has 34 heavy (non-hydrogen) atoms. The molecular formula is C32H42NSi+. The Bertz CT molecular complexity index is 1360. The molecule has 0 fully saturated rings. The minimum Gasteiger partial charge on any atom is -0.200 e. The Kier molecular flexibility index (Phi) is 6.50. The van der Waals surface area contributed by atoms with Crippen molar-refractivity contribution < 1.29 is 4.57 Å². The Morgan fingerprint density at radius 3 is 1.88 bits per heavy atom. The molecule has 0 saturated carbocycles. The van der Waals surface area contributed by atoms with Gasteiger partial charge in [0.2, 0.25) is 5.69 Å². The van der Waals surface area contributed by atoms with Crippen molar-refractivity contribution in [3.05, 3.63) is 71.4 Å². The standard InChI is InChI=1S/C32H42NSi/c1-20(2)34(21(3)4,22(5)6)31-13-11-12-26-27-16-17-33(10)32(29(27)15-14-28(26)31)30-19-23(7)18-24(8)25(30)9/h11-22H,1-10H3/q+1. The summed E-state index contributed by atoms with van der Waals surface area (Å²) in [4.78, 5) is 0. The normalized spacial score (nSPS) is 12.6. The van der Waals surface area contributed by atoms with Gasteiger partial charge in [0.25, 0.3) is 0 Å².